The Morgan fingerprint density at radius 3 is 2.76 bits per heavy atom. The first-order valence-electron chi connectivity index (χ1n) is 5.73. The monoisotopic (exact) mass is 244 g/mol. The summed E-state index contributed by atoms with van der Waals surface area (Å²) in [6.45, 7) is 2.32. The SMILES string of the molecule is CCCC(OC)c1noc(CC(O)COC)n1. The van der Waals surface area contributed by atoms with Crippen molar-refractivity contribution < 1.29 is 19.1 Å². The number of ether oxygens (including phenoxy) is 2. The zero-order valence-corrected chi connectivity index (χ0v) is 10.5. The number of aliphatic hydroxyl groups is 1. The van der Waals surface area contributed by atoms with Gasteiger partial charge in [-0.3, -0.25) is 0 Å². The Kier molecular flexibility index (Phi) is 6.10. The minimum absolute atomic E-state index is 0.142. The van der Waals surface area contributed by atoms with E-state index in [0.717, 1.165) is 12.8 Å². The number of methoxy groups -OCH3 is 2. The van der Waals surface area contributed by atoms with Crippen molar-refractivity contribution in [2.75, 3.05) is 20.8 Å². The molecule has 98 valence electrons. The summed E-state index contributed by atoms with van der Waals surface area (Å²) in [5.41, 5.74) is 0. The molecule has 1 heterocycles. The molecule has 2 unspecified atom stereocenters. The number of aromatic nitrogens is 2. The van der Waals surface area contributed by atoms with Crippen LogP contribution in [-0.4, -0.2) is 42.2 Å². The van der Waals surface area contributed by atoms with Crippen molar-refractivity contribution in [3.63, 3.8) is 0 Å². The Balaban J connectivity index is 2.57. The van der Waals surface area contributed by atoms with Crippen LogP contribution in [0.1, 0.15) is 37.6 Å². The highest BCUT2D eigenvalue weighted by atomic mass is 16.5. The van der Waals surface area contributed by atoms with Crippen LogP contribution in [0, 0.1) is 0 Å². The predicted octanol–water partition coefficient (Wildman–Crippen LogP) is 1.11. The fraction of sp³-hybridized carbons (Fsp3) is 0.818. The predicted molar refractivity (Wildman–Crippen MR) is 60.5 cm³/mol. The number of nitrogens with zero attached hydrogens (tertiary/aromatic N) is 2. The third-order valence-corrected chi connectivity index (χ3v) is 2.38. The molecule has 1 aromatic rings. The second kappa shape index (κ2) is 7.37. The van der Waals surface area contributed by atoms with Gasteiger partial charge in [-0.2, -0.15) is 4.98 Å². The Labute approximate surface area is 101 Å². The standard InChI is InChI=1S/C11H20N2O4/c1-4-5-9(16-3)11-12-10(17-13-11)6-8(14)7-15-2/h8-9,14H,4-7H2,1-3H3. The first-order chi connectivity index (χ1) is 8.21. The number of rotatable bonds is 8. The van der Waals surface area contributed by atoms with E-state index in [1.165, 1.54) is 7.11 Å². The maximum Gasteiger partial charge on any atom is 0.229 e. The van der Waals surface area contributed by atoms with E-state index in [1.54, 1.807) is 7.11 Å². The molecule has 1 rings (SSSR count). The Morgan fingerprint density at radius 2 is 2.18 bits per heavy atom. The number of hydrogen-bond donors (Lipinski definition) is 1. The van der Waals surface area contributed by atoms with Gasteiger partial charge in [0.1, 0.15) is 6.10 Å². The van der Waals surface area contributed by atoms with E-state index in [2.05, 4.69) is 17.1 Å². The van der Waals surface area contributed by atoms with Crippen molar-refractivity contribution in [2.24, 2.45) is 0 Å². The molecule has 0 aromatic carbocycles. The van der Waals surface area contributed by atoms with Crippen molar-refractivity contribution in [2.45, 2.75) is 38.4 Å². The third kappa shape index (κ3) is 4.41. The maximum absolute atomic E-state index is 9.53. The lowest BCUT2D eigenvalue weighted by atomic mass is 10.2. The summed E-state index contributed by atoms with van der Waals surface area (Å²) < 4.78 is 15.1. The van der Waals surface area contributed by atoms with Gasteiger partial charge in [-0.15, -0.1) is 0 Å². The molecule has 2 atom stereocenters. The van der Waals surface area contributed by atoms with Crippen LogP contribution in [0.2, 0.25) is 0 Å². The molecule has 0 radical (unpaired) electrons. The molecule has 0 saturated carbocycles. The van der Waals surface area contributed by atoms with Crippen molar-refractivity contribution in [3.05, 3.63) is 11.7 Å². The number of hydrogen-bond acceptors (Lipinski definition) is 6. The van der Waals surface area contributed by atoms with Gasteiger partial charge in [-0.25, -0.2) is 0 Å². The fourth-order valence-electron chi connectivity index (χ4n) is 1.55. The molecule has 0 bridgehead atoms. The van der Waals surface area contributed by atoms with Gasteiger partial charge in [0.2, 0.25) is 11.7 Å². The lowest BCUT2D eigenvalue weighted by Crippen LogP contribution is -2.17. The molecule has 6 nitrogen and oxygen atoms in total. The van der Waals surface area contributed by atoms with E-state index in [1.807, 2.05) is 0 Å². The van der Waals surface area contributed by atoms with Crippen molar-refractivity contribution in [3.8, 4) is 0 Å². The van der Waals surface area contributed by atoms with Crippen molar-refractivity contribution in [1.29, 1.82) is 0 Å². The topological polar surface area (TPSA) is 77.6 Å². The van der Waals surface area contributed by atoms with Crippen LogP contribution >= 0.6 is 0 Å². The minimum atomic E-state index is -0.625. The molecule has 17 heavy (non-hydrogen) atoms. The Bertz CT molecular complexity index is 316. The van der Waals surface area contributed by atoms with Gasteiger partial charge in [0.15, 0.2) is 0 Å². The van der Waals surface area contributed by atoms with Crippen molar-refractivity contribution in [1.82, 2.24) is 10.1 Å². The van der Waals surface area contributed by atoms with Crippen molar-refractivity contribution >= 4 is 0 Å². The van der Waals surface area contributed by atoms with Gasteiger partial charge in [0.25, 0.3) is 0 Å². The van der Waals surface area contributed by atoms with Crippen LogP contribution in [0.15, 0.2) is 4.52 Å². The molecular formula is C11H20N2O4. The van der Waals surface area contributed by atoms with E-state index in [0.29, 0.717) is 18.1 Å². The van der Waals surface area contributed by atoms with Gasteiger partial charge in [0.05, 0.1) is 19.1 Å². The molecule has 0 aliphatic rings. The second-order valence-electron chi connectivity index (χ2n) is 3.87. The lowest BCUT2D eigenvalue weighted by molar-refractivity contribution is 0.0599. The summed E-state index contributed by atoms with van der Waals surface area (Å²) >= 11 is 0. The lowest BCUT2D eigenvalue weighted by Gasteiger charge is -2.08. The molecule has 0 aliphatic carbocycles. The Morgan fingerprint density at radius 1 is 1.41 bits per heavy atom. The highest BCUT2D eigenvalue weighted by Gasteiger charge is 2.18. The van der Waals surface area contributed by atoms with Crippen LogP contribution < -0.4 is 0 Å². The second-order valence-corrected chi connectivity index (χ2v) is 3.87. The smallest absolute Gasteiger partial charge is 0.229 e. The van der Waals surface area contributed by atoms with Crippen LogP contribution in [0.5, 0.6) is 0 Å². The Hall–Kier alpha value is -0.980. The largest absolute Gasteiger partial charge is 0.390 e. The highest BCUT2D eigenvalue weighted by Crippen LogP contribution is 2.19. The average molecular weight is 244 g/mol. The van der Waals surface area contributed by atoms with E-state index in [4.69, 9.17) is 14.0 Å². The summed E-state index contributed by atoms with van der Waals surface area (Å²) in [7, 11) is 3.15. The van der Waals surface area contributed by atoms with Crippen LogP contribution in [0.25, 0.3) is 0 Å². The first-order valence-corrected chi connectivity index (χ1v) is 5.73. The van der Waals surface area contributed by atoms with E-state index < -0.39 is 6.10 Å². The molecule has 1 N–H and O–H groups in total. The van der Waals surface area contributed by atoms with Crippen LogP contribution in [0.3, 0.4) is 0 Å². The van der Waals surface area contributed by atoms with Gasteiger partial charge in [-0.05, 0) is 6.42 Å². The molecule has 0 spiro atoms. The molecule has 0 amide bonds. The molecule has 0 aliphatic heterocycles. The van der Waals surface area contributed by atoms with Gasteiger partial charge >= 0.3 is 0 Å². The zero-order valence-electron chi connectivity index (χ0n) is 10.5. The molecule has 0 saturated heterocycles. The fourth-order valence-corrected chi connectivity index (χ4v) is 1.55. The first kappa shape index (κ1) is 14.1. The van der Waals surface area contributed by atoms with E-state index in [-0.39, 0.29) is 12.7 Å². The van der Waals surface area contributed by atoms with E-state index in [9.17, 15) is 5.11 Å². The molecule has 6 heteroatoms. The highest BCUT2D eigenvalue weighted by molar-refractivity contribution is 4.92. The summed E-state index contributed by atoms with van der Waals surface area (Å²) in [4.78, 5) is 4.20. The molecular weight excluding hydrogens is 224 g/mol. The van der Waals surface area contributed by atoms with Gasteiger partial charge in [0, 0.05) is 14.2 Å². The van der Waals surface area contributed by atoms with E-state index >= 15 is 0 Å². The quantitative estimate of drug-likeness (QED) is 0.738. The van der Waals surface area contributed by atoms with Crippen LogP contribution in [0.4, 0.5) is 0 Å². The van der Waals surface area contributed by atoms with Gasteiger partial charge in [-0.1, -0.05) is 18.5 Å². The third-order valence-electron chi connectivity index (χ3n) is 2.38. The van der Waals surface area contributed by atoms with Crippen LogP contribution in [-0.2, 0) is 15.9 Å². The molecule has 0 fully saturated rings. The summed E-state index contributed by atoms with van der Waals surface area (Å²) in [5, 5.41) is 13.4. The molecule has 1 aromatic heterocycles. The summed E-state index contributed by atoms with van der Waals surface area (Å²) in [6.07, 6.45) is 1.35. The normalized spacial score (nSPS) is 14.8. The van der Waals surface area contributed by atoms with Gasteiger partial charge < -0.3 is 19.1 Å². The minimum Gasteiger partial charge on any atom is -0.390 e. The summed E-state index contributed by atoms with van der Waals surface area (Å²) in [6, 6.07) is 0. The average Bonchev–Trinajstić information content (AvgIpc) is 2.74. The number of aliphatic hydroxyl groups excluding tert-OH is 1. The summed E-state index contributed by atoms with van der Waals surface area (Å²) in [5.74, 6) is 0.941. The zero-order chi connectivity index (χ0) is 12.7. The maximum atomic E-state index is 9.53.